The summed E-state index contributed by atoms with van der Waals surface area (Å²) in [5.41, 5.74) is 9.88. The molecule has 0 atom stereocenters. The molecule has 0 saturated heterocycles. The molecule has 0 bridgehead atoms. The van der Waals surface area contributed by atoms with E-state index in [0.717, 1.165) is 17.8 Å². The van der Waals surface area contributed by atoms with Crippen molar-refractivity contribution in [1.82, 2.24) is 4.98 Å². The average Bonchev–Trinajstić information content (AvgIpc) is 2.91. The second-order valence-corrected chi connectivity index (χ2v) is 6.09. The summed E-state index contributed by atoms with van der Waals surface area (Å²) >= 11 is 6.13. The van der Waals surface area contributed by atoms with E-state index >= 15 is 0 Å². The van der Waals surface area contributed by atoms with Crippen molar-refractivity contribution < 1.29 is 4.42 Å². The molecule has 1 heterocycles. The Hall–Kier alpha value is -2.20. The van der Waals surface area contributed by atoms with E-state index in [9.17, 15) is 0 Å². The molecule has 114 valence electrons. The van der Waals surface area contributed by atoms with Crippen LogP contribution in [0.15, 0.2) is 40.8 Å². The average molecular weight is 316 g/mol. The molecule has 3 N–H and O–H groups in total. The van der Waals surface area contributed by atoms with Gasteiger partial charge in [-0.25, -0.2) is 4.98 Å². The number of nitrogens with zero attached hydrogens (tertiary/aromatic N) is 1. The molecule has 0 aliphatic carbocycles. The van der Waals surface area contributed by atoms with Crippen LogP contribution in [0.5, 0.6) is 0 Å². The van der Waals surface area contributed by atoms with Crippen molar-refractivity contribution in [1.29, 1.82) is 0 Å². The van der Waals surface area contributed by atoms with E-state index < -0.39 is 0 Å². The summed E-state index contributed by atoms with van der Waals surface area (Å²) in [6.45, 7) is 5.18. The van der Waals surface area contributed by atoms with Gasteiger partial charge in [-0.05, 0) is 36.2 Å². The molecule has 3 rings (SSSR count). The van der Waals surface area contributed by atoms with Crippen LogP contribution >= 0.6 is 11.6 Å². The first-order chi connectivity index (χ1) is 10.5. The van der Waals surface area contributed by atoms with E-state index in [0.29, 0.717) is 33.6 Å². The highest BCUT2D eigenvalue weighted by atomic mass is 35.5. The van der Waals surface area contributed by atoms with Crippen LogP contribution in [0.25, 0.3) is 22.6 Å². The number of hydrogen-bond donors (Lipinski definition) is 2. The molecule has 4 nitrogen and oxygen atoms in total. The lowest BCUT2D eigenvalue weighted by molar-refractivity contribution is 0.620. The van der Waals surface area contributed by atoms with Gasteiger partial charge in [0.25, 0.3) is 0 Å². The highest BCUT2D eigenvalue weighted by molar-refractivity contribution is 6.34. The van der Waals surface area contributed by atoms with Gasteiger partial charge in [0.15, 0.2) is 5.58 Å². The molecule has 0 fully saturated rings. The predicted octanol–water partition coefficient (Wildman–Crippen LogP) is 4.80. The van der Waals surface area contributed by atoms with Crippen molar-refractivity contribution in [2.75, 3.05) is 17.6 Å². The number of nitrogen functional groups attached to an aromatic ring is 1. The van der Waals surface area contributed by atoms with Gasteiger partial charge in [0, 0.05) is 12.1 Å². The van der Waals surface area contributed by atoms with Gasteiger partial charge >= 0.3 is 0 Å². The van der Waals surface area contributed by atoms with Crippen molar-refractivity contribution in [3.63, 3.8) is 0 Å². The number of halogens is 1. The zero-order valence-electron chi connectivity index (χ0n) is 12.6. The normalized spacial score (nSPS) is 11.3. The minimum Gasteiger partial charge on any atom is -0.436 e. The summed E-state index contributed by atoms with van der Waals surface area (Å²) < 4.78 is 5.76. The fourth-order valence-corrected chi connectivity index (χ4v) is 2.42. The van der Waals surface area contributed by atoms with Crippen LogP contribution in [0.4, 0.5) is 11.4 Å². The van der Waals surface area contributed by atoms with Gasteiger partial charge in [0.05, 0.1) is 16.4 Å². The molecule has 0 saturated carbocycles. The Morgan fingerprint density at radius 3 is 2.77 bits per heavy atom. The molecular weight excluding hydrogens is 298 g/mol. The van der Waals surface area contributed by atoms with Crippen molar-refractivity contribution in [2.24, 2.45) is 5.92 Å². The van der Waals surface area contributed by atoms with E-state index in [2.05, 4.69) is 24.1 Å². The summed E-state index contributed by atoms with van der Waals surface area (Å²) in [6, 6.07) is 11.2. The van der Waals surface area contributed by atoms with E-state index in [1.165, 1.54) is 0 Å². The van der Waals surface area contributed by atoms with Crippen LogP contribution < -0.4 is 11.1 Å². The molecule has 1 aromatic heterocycles. The maximum atomic E-state index is 6.13. The van der Waals surface area contributed by atoms with Gasteiger partial charge in [-0.2, -0.15) is 0 Å². The number of aromatic nitrogens is 1. The third-order valence-electron chi connectivity index (χ3n) is 3.37. The van der Waals surface area contributed by atoms with Gasteiger partial charge in [-0.1, -0.05) is 31.5 Å². The highest BCUT2D eigenvalue weighted by Crippen LogP contribution is 2.31. The van der Waals surface area contributed by atoms with Crippen molar-refractivity contribution in [2.45, 2.75) is 13.8 Å². The van der Waals surface area contributed by atoms with E-state index in [1.807, 2.05) is 30.3 Å². The fraction of sp³-hybridized carbons (Fsp3) is 0.235. The molecule has 0 amide bonds. The van der Waals surface area contributed by atoms with E-state index in [1.54, 1.807) is 6.07 Å². The molecule has 5 heteroatoms. The number of nitrogens with two attached hydrogens (primary N) is 1. The van der Waals surface area contributed by atoms with Crippen molar-refractivity contribution >= 4 is 34.1 Å². The molecule has 2 aromatic carbocycles. The summed E-state index contributed by atoms with van der Waals surface area (Å²) in [6.07, 6.45) is 0. The Bertz CT molecular complexity index is 811. The Balaban J connectivity index is 1.93. The SMILES string of the molecule is CC(C)CNc1ccc(-c2nc3c(Cl)cccc3o2)cc1N. The zero-order chi connectivity index (χ0) is 15.7. The zero-order valence-corrected chi connectivity index (χ0v) is 13.3. The first-order valence-electron chi connectivity index (χ1n) is 7.23. The van der Waals surface area contributed by atoms with E-state index in [-0.39, 0.29) is 0 Å². The molecule has 3 aromatic rings. The monoisotopic (exact) mass is 315 g/mol. The molecule has 0 aliphatic rings. The van der Waals surface area contributed by atoms with Gasteiger partial charge in [-0.3, -0.25) is 0 Å². The number of oxazole rings is 1. The minimum atomic E-state index is 0.519. The molecule has 0 unspecified atom stereocenters. The first kappa shape index (κ1) is 14.7. The Labute approximate surface area is 134 Å². The summed E-state index contributed by atoms with van der Waals surface area (Å²) in [5.74, 6) is 1.07. The van der Waals surface area contributed by atoms with Crippen LogP contribution in [0.2, 0.25) is 5.02 Å². The third-order valence-corrected chi connectivity index (χ3v) is 3.67. The van der Waals surface area contributed by atoms with Gasteiger partial charge in [-0.15, -0.1) is 0 Å². The second kappa shape index (κ2) is 5.89. The minimum absolute atomic E-state index is 0.519. The van der Waals surface area contributed by atoms with Gasteiger partial charge in [0.2, 0.25) is 5.89 Å². The van der Waals surface area contributed by atoms with Crippen LogP contribution in [-0.4, -0.2) is 11.5 Å². The summed E-state index contributed by atoms with van der Waals surface area (Å²) in [4.78, 5) is 4.45. The lowest BCUT2D eigenvalue weighted by atomic mass is 10.1. The summed E-state index contributed by atoms with van der Waals surface area (Å²) in [7, 11) is 0. The Morgan fingerprint density at radius 2 is 2.09 bits per heavy atom. The molecule has 0 aliphatic heterocycles. The Kier molecular flexibility index (Phi) is 3.94. The largest absolute Gasteiger partial charge is 0.436 e. The number of hydrogen-bond acceptors (Lipinski definition) is 4. The number of rotatable bonds is 4. The Morgan fingerprint density at radius 1 is 1.27 bits per heavy atom. The number of para-hydroxylation sites is 1. The maximum Gasteiger partial charge on any atom is 0.227 e. The van der Waals surface area contributed by atoms with Crippen molar-refractivity contribution in [3.8, 4) is 11.5 Å². The van der Waals surface area contributed by atoms with Gasteiger partial charge in [0.1, 0.15) is 5.52 Å². The molecule has 22 heavy (non-hydrogen) atoms. The van der Waals surface area contributed by atoms with Gasteiger partial charge < -0.3 is 15.5 Å². The second-order valence-electron chi connectivity index (χ2n) is 5.68. The number of nitrogens with one attached hydrogen (secondary N) is 1. The lowest BCUT2D eigenvalue weighted by Gasteiger charge is -2.11. The van der Waals surface area contributed by atoms with Crippen LogP contribution in [0.1, 0.15) is 13.8 Å². The van der Waals surface area contributed by atoms with Crippen LogP contribution in [0.3, 0.4) is 0 Å². The topological polar surface area (TPSA) is 64.1 Å². The van der Waals surface area contributed by atoms with Crippen molar-refractivity contribution in [3.05, 3.63) is 41.4 Å². The number of fused-ring (bicyclic) bond motifs is 1. The predicted molar refractivity (Wildman–Crippen MR) is 92.2 cm³/mol. The molecule has 0 radical (unpaired) electrons. The molecule has 0 spiro atoms. The maximum absolute atomic E-state index is 6.13. The van der Waals surface area contributed by atoms with Crippen LogP contribution in [0, 0.1) is 5.92 Å². The van der Waals surface area contributed by atoms with E-state index in [4.69, 9.17) is 21.8 Å². The first-order valence-corrected chi connectivity index (χ1v) is 7.61. The number of benzene rings is 2. The number of anilines is 2. The quantitative estimate of drug-likeness (QED) is 0.679. The molecular formula is C17H18ClN3O. The summed E-state index contributed by atoms with van der Waals surface area (Å²) in [5, 5.41) is 3.91. The lowest BCUT2D eigenvalue weighted by Crippen LogP contribution is -2.09. The third kappa shape index (κ3) is 2.88. The fourth-order valence-electron chi connectivity index (χ4n) is 2.21. The highest BCUT2D eigenvalue weighted by Gasteiger charge is 2.12. The smallest absolute Gasteiger partial charge is 0.227 e. The van der Waals surface area contributed by atoms with Crippen LogP contribution in [-0.2, 0) is 0 Å². The standard InChI is InChI=1S/C17H18ClN3O/c1-10(2)9-20-14-7-6-11(8-13(14)19)17-21-16-12(18)4-3-5-15(16)22-17/h3-8,10,20H,9,19H2,1-2H3.